The number of imidazole rings is 1. The molecule has 0 bridgehead atoms. The van der Waals surface area contributed by atoms with Gasteiger partial charge in [-0.25, -0.2) is 9.55 Å². The maximum Gasteiger partial charge on any atom is 0.474 e. The molecule has 0 spiro atoms. The minimum absolute atomic E-state index is 0.0766. The van der Waals surface area contributed by atoms with Gasteiger partial charge in [0, 0.05) is 19.8 Å². The van der Waals surface area contributed by atoms with Crippen LogP contribution in [0.25, 0.3) is 11.2 Å². The fourth-order valence-corrected chi connectivity index (χ4v) is 5.14. The number of nitrogens with one attached hydrogen (secondary N) is 2. The average Bonchev–Trinajstić information content (AvgIpc) is 3.53. The van der Waals surface area contributed by atoms with E-state index in [4.69, 9.17) is 37.8 Å². The third-order valence-corrected chi connectivity index (χ3v) is 7.35. The van der Waals surface area contributed by atoms with Crippen molar-refractivity contribution in [3.05, 3.63) is 16.7 Å². The van der Waals surface area contributed by atoms with E-state index in [-0.39, 0.29) is 50.0 Å². The Kier molecular flexibility index (Phi) is 12.8. The van der Waals surface area contributed by atoms with Gasteiger partial charge in [-0.3, -0.25) is 47.6 Å². The van der Waals surface area contributed by atoms with Crippen LogP contribution >= 0.6 is 7.82 Å². The molecule has 0 radical (unpaired) electrons. The Morgan fingerprint density at radius 3 is 2.49 bits per heavy atom. The Bertz CT molecular complexity index is 1520. The molecular formula is C25H33N6O13P. The summed E-state index contributed by atoms with van der Waals surface area (Å²) in [6, 6.07) is 1.82. The highest BCUT2D eigenvalue weighted by Crippen LogP contribution is 2.50. The largest absolute Gasteiger partial charge is 0.474 e. The van der Waals surface area contributed by atoms with Crippen LogP contribution in [0.15, 0.2) is 11.1 Å². The summed E-state index contributed by atoms with van der Waals surface area (Å²) >= 11 is 0. The molecule has 1 aliphatic rings. The predicted molar refractivity (Wildman–Crippen MR) is 149 cm³/mol. The quantitative estimate of drug-likeness (QED) is 0.103. The third kappa shape index (κ3) is 9.72. The molecule has 246 valence electrons. The molecule has 3 rings (SSSR count). The number of carbonyl (C=O) groups excluding carboxylic acids is 4. The van der Waals surface area contributed by atoms with Crippen molar-refractivity contribution in [3.8, 4) is 6.07 Å². The number of nitrogens with zero attached hydrogens (tertiary/aromatic N) is 4. The number of phosphoric acid groups is 1. The van der Waals surface area contributed by atoms with E-state index in [9.17, 15) is 28.5 Å². The average molecular weight is 657 g/mol. The van der Waals surface area contributed by atoms with E-state index in [0.717, 1.165) is 13.8 Å². The zero-order chi connectivity index (χ0) is 33.1. The molecular weight excluding hydrogens is 623 g/mol. The Morgan fingerprint density at radius 2 is 1.84 bits per heavy atom. The number of esters is 2. The number of hydrogen-bond donors (Lipinski definition) is 2. The molecule has 19 nitrogen and oxygen atoms in total. The number of fused-ring (bicyclic) bond motifs is 1. The lowest BCUT2D eigenvalue weighted by Crippen LogP contribution is -2.40. The molecule has 0 saturated carbocycles. The number of hydrogen-bond acceptors (Lipinski definition) is 16. The van der Waals surface area contributed by atoms with Gasteiger partial charge in [-0.1, -0.05) is 13.8 Å². The van der Waals surface area contributed by atoms with Crippen molar-refractivity contribution >= 4 is 49.1 Å². The molecule has 1 aliphatic heterocycles. The van der Waals surface area contributed by atoms with Crippen LogP contribution in [0, 0.1) is 17.2 Å². The van der Waals surface area contributed by atoms with E-state index in [1.165, 1.54) is 10.9 Å². The van der Waals surface area contributed by atoms with Crippen molar-refractivity contribution in [3.63, 3.8) is 0 Å². The van der Waals surface area contributed by atoms with Crippen LogP contribution in [0.5, 0.6) is 0 Å². The van der Waals surface area contributed by atoms with E-state index >= 15 is 0 Å². The number of phosphoric ester groups is 1. The van der Waals surface area contributed by atoms with Gasteiger partial charge in [0.25, 0.3) is 5.56 Å². The van der Waals surface area contributed by atoms with E-state index in [0.29, 0.717) is 6.29 Å². The fourth-order valence-electron chi connectivity index (χ4n) is 3.97. The standard InChI is InChI=1S/C25H33N6O13P/c1-14(2)22(35)29-25-28-21-18(23(36)30-25)27-13-31(21)24-20(43-16(4)34)19(42-15(3)33)17(44-24)12-41-45(37,39-8-5-6-26)40-11-10-38-9-7-32/h7,13-14,17,19-20,24H,5,8-12H2,1-4H3,(H2,28,29,30,35,36)/t17-,19-,20-,24-,45?/m1/s1. The van der Waals surface area contributed by atoms with Gasteiger partial charge < -0.3 is 23.7 Å². The number of amides is 1. The topological polar surface area (TPSA) is 249 Å². The van der Waals surface area contributed by atoms with Crippen molar-refractivity contribution in [2.75, 3.05) is 38.4 Å². The van der Waals surface area contributed by atoms with Gasteiger partial charge in [-0.15, -0.1) is 0 Å². The van der Waals surface area contributed by atoms with Crippen molar-refractivity contribution in [1.82, 2.24) is 19.5 Å². The number of ether oxygens (including phenoxy) is 4. The zero-order valence-corrected chi connectivity index (χ0v) is 25.7. The molecule has 45 heavy (non-hydrogen) atoms. The summed E-state index contributed by atoms with van der Waals surface area (Å²) in [5.41, 5.74) is -0.916. The number of carbonyl (C=O) groups is 4. The predicted octanol–water partition coefficient (Wildman–Crippen LogP) is 0.762. The van der Waals surface area contributed by atoms with E-state index in [2.05, 4.69) is 20.3 Å². The van der Waals surface area contributed by atoms with Crippen molar-refractivity contribution < 1.29 is 56.3 Å². The first-order chi connectivity index (χ1) is 21.4. The second-order valence-electron chi connectivity index (χ2n) is 9.65. The van der Waals surface area contributed by atoms with E-state index < -0.39 is 68.3 Å². The van der Waals surface area contributed by atoms with E-state index in [1.54, 1.807) is 13.8 Å². The molecule has 2 aromatic heterocycles. The maximum absolute atomic E-state index is 13.3. The number of rotatable bonds is 17. The number of aldehydes is 1. The molecule has 3 heterocycles. The third-order valence-electron chi connectivity index (χ3n) is 5.89. The Balaban J connectivity index is 1.95. The maximum atomic E-state index is 13.3. The van der Waals surface area contributed by atoms with Gasteiger partial charge >= 0.3 is 19.8 Å². The summed E-state index contributed by atoms with van der Waals surface area (Å²) in [6.07, 6.45) is -3.76. The number of nitriles is 1. The van der Waals surface area contributed by atoms with E-state index in [1.807, 2.05) is 6.07 Å². The fraction of sp³-hybridized carbons (Fsp3) is 0.600. The van der Waals surface area contributed by atoms with Gasteiger partial charge in [-0.2, -0.15) is 10.2 Å². The lowest BCUT2D eigenvalue weighted by Gasteiger charge is -2.24. The van der Waals surface area contributed by atoms with Crippen LogP contribution in [0.1, 0.15) is 40.3 Å². The van der Waals surface area contributed by atoms with Gasteiger partial charge in [0.15, 0.2) is 29.6 Å². The van der Waals surface area contributed by atoms with Crippen LogP contribution in [-0.4, -0.2) is 95.0 Å². The highest BCUT2D eigenvalue weighted by Gasteiger charge is 2.51. The Morgan fingerprint density at radius 1 is 1.16 bits per heavy atom. The smallest absolute Gasteiger partial charge is 0.456 e. The normalized spacial score (nSPS) is 20.8. The SMILES string of the molecule is CC(=O)O[C@@H]1[C@H](OC(C)=O)[C@@H](COP(=O)(OCCC#N)OCCOCC=O)O[C@H]1n1cnc2c(=O)[nH]c(NC(=O)C(C)C)nc21. The zero-order valence-electron chi connectivity index (χ0n) is 24.8. The van der Waals surface area contributed by atoms with Crippen LogP contribution in [0.3, 0.4) is 0 Å². The summed E-state index contributed by atoms with van der Waals surface area (Å²) in [5, 5.41) is 11.3. The highest BCUT2D eigenvalue weighted by molar-refractivity contribution is 7.48. The Hall–Kier alpha value is -4.05. The molecule has 1 amide bonds. The number of aromatic nitrogens is 4. The number of aromatic amines is 1. The summed E-state index contributed by atoms with van der Waals surface area (Å²) in [6.45, 7) is 3.89. The molecule has 1 unspecified atom stereocenters. The minimum Gasteiger partial charge on any atom is -0.456 e. The van der Waals surface area contributed by atoms with Crippen molar-refractivity contribution in [1.29, 1.82) is 5.26 Å². The molecule has 2 aromatic rings. The van der Waals surface area contributed by atoms with Crippen molar-refractivity contribution in [2.24, 2.45) is 5.92 Å². The minimum atomic E-state index is -4.38. The highest BCUT2D eigenvalue weighted by atomic mass is 31.2. The van der Waals surface area contributed by atoms with Crippen LogP contribution in [0.2, 0.25) is 0 Å². The van der Waals surface area contributed by atoms with Crippen LogP contribution in [0.4, 0.5) is 5.95 Å². The summed E-state index contributed by atoms with van der Waals surface area (Å²) in [4.78, 5) is 70.4. The van der Waals surface area contributed by atoms with Gasteiger partial charge in [0.05, 0.1) is 45.2 Å². The summed E-state index contributed by atoms with van der Waals surface area (Å²) in [7, 11) is -4.38. The van der Waals surface area contributed by atoms with Crippen LogP contribution < -0.4 is 10.9 Å². The second-order valence-corrected chi connectivity index (χ2v) is 11.3. The lowest BCUT2D eigenvalue weighted by molar-refractivity contribution is -0.165. The lowest BCUT2D eigenvalue weighted by atomic mass is 10.1. The van der Waals surface area contributed by atoms with Gasteiger partial charge in [0.2, 0.25) is 11.9 Å². The van der Waals surface area contributed by atoms with Crippen molar-refractivity contribution in [2.45, 2.75) is 58.7 Å². The number of anilines is 1. The first-order valence-corrected chi connectivity index (χ1v) is 15.0. The second kappa shape index (κ2) is 16.3. The summed E-state index contributed by atoms with van der Waals surface area (Å²) < 4.78 is 52.4. The van der Waals surface area contributed by atoms with Crippen LogP contribution in [-0.2, 0) is 56.3 Å². The monoisotopic (exact) mass is 656 g/mol. The van der Waals surface area contributed by atoms with Gasteiger partial charge in [-0.05, 0) is 0 Å². The number of H-pyrrole nitrogens is 1. The molecule has 20 heteroatoms. The molecule has 5 atom stereocenters. The molecule has 0 aliphatic carbocycles. The first-order valence-electron chi connectivity index (χ1n) is 13.6. The van der Waals surface area contributed by atoms with Gasteiger partial charge in [0.1, 0.15) is 19.0 Å². The molecule has 1 fully saturated rings. The first kappa shape index (κ1) is 35.4. The molecule has 2 N–H and O–H groups in total. The molecule has 1 saturated heterocycles. The molecule has 0 aromatic carbocycles. The Labute approximate surface area is 256 Å². The summed E-state index contributed by atoms with van der Waals surface area (Å²) in [5.74, 6) is -2.61.